The van der Waals surface area contributed by atoms with Gasteiger partial charge in [-0.2, -0.15) is 13.2 Å². The fourth-order valence-electron chi connectivity index (χ4n) is 3.92. The molecule has 2 saturated heterocycles. The number of hydrogen-bond acceptors (Lipinski definition) is 4. The summed E-state index contributed by atoms with van der Waals surface area (Å²) in [6.07, 6.45) is 0.923. The van der Waals surface area contributed by atoms with Crippen molar-refractivity contribution in [1.82, 2.24) is 9.88 Å². The molecular weight excluding hydrogens is 457 g/mol. The average Bonchev–Trinajstić information content (AvgIpc) is 3.23. The molecule has 3 heterocycles. The Bertz CT molecular complexity index is 1060. The number of alkyl halides is 3. The Kier molecular flexibility index (Phi) is 6.60. The number of pyridine rings is 1. The average molecular weight is 479 g/mol. The number of halogens is 4. The minimum Gasteiger partial charge on any atom is -0.352 e. The van der Waals surface area contributed by atoms with Gasteiger partial charge in [-0.3, -0.25) is 9.59 Å². The molecule has 0 atom stereocenters. The lowest BCUT2D eigenvalue weighted by atomic mass is 10.1. The van der Waals surface area contributed by atoms with Gasteiger partial charge in [0, 0.05) is 57.1 Å². The molecule has 2 amide bonds. The highest BCUT2D eigenvalue weighted by Crippen LogP contribution is 2.33. The summed E-state index contributed by atoms with van der Waals surface area (Å²) in [6.45, 7) is 2.36. The zero-order valence-electron chi connectivity index (χ0n) is 17.7. The molecule has 0 unspecified atom stereocenters. The summed E-state index contributed by atoms with van der Waals surface area (Å²) in [5.41, 5.74) is 0.806. The second-order valence-corrected chi connectivity index (χ2v) is 8.32. The number of hydrogen-bond donors (Lipinski definition) is 0. The minimum atomic E-state index is -4.50. The van der Waals surface area contributed by atoms with Gasteiger partial charge in [-0.25, -0.2) is 4.98 Å². The highest BCUT2D eigenvalue weighted by atomic mass is 35.5. The van der Waals surface area contributed by atoms with E-state index in [9.17, 15) is 22.8 Å². The molecule has 2 aliphatic heterocycles. The Labute approximate surface area is 194 Å². The third kappa shape index (κ3) is 5.30. The molecule has 0 bridgehead atoms. The first-order chi connectivity index (χ1) is 15.7. The van der Waals surface area contributed by atoms with E-state index in [1.807, 2.05) is 24.3 Å². The quantitative estimate of drug-likeness (QED) is 0.617. The van der Waals surface area contributed by atoms with Crippen molar-refractivity contribution >= 4 is 41.0 Å². The number of carbonyl (C=O) groups excluding carboxylic acids is 2. The van der Waals surface area contributed by atoms with Crippen molar-refractivity contribution in [2.45, 2.75) is 19.0 Å². The topological polar surface area (TPSA) is 56.8 Å². The molecule has 4 rings (SSSR count). The maximum absolute atomic E-state index is 12.8. The number of nitrogens with zero attached hydrogens (tertiary/aromatic N) is 4. The van der Waals surface area contributed by atoms with E-state index in [2.05, 4.69) is 4.98 Å². The maximum Gasteiger partial charge on any atom is 0.417 e. The number of rotatable bonds is 4. The monoisotopic (exact) mass is 478 g/mol. The van der Waals surface area contributed by atoms with Crippen LogP contribution in [0.2, 0.25) is 5.02 Å². The van der Waals surface area contributed by atoms with Crippen LogP contribution < -0.4 is 9.80 Å². The number of benzene rings is 1. The fourth-order valence-corrected chi connectivity index (χ4v) is 4.20. The molecule has 33 heavy (non-hydrogen) atoms. The Balaban J connectivity index is 1.32. The van der Waals surface area contributed by atoms with Crippen LogP contribution in [0.15, 0.2) is 42.6 Å². The Hall–Kier alpha value is -3.07. The van der Waals surface area contributed by atoms with E-state index in [4.69, 9.17) is 11.6 Å². The molecule has 0 aliphatic carbocycles. The Morgan fingerprint density at radius 3 is 2.33 bits per heavy atom. The number of aromatic nitrogens is 1. The van der Waals surface area contributed by atoms with Gasteiger partial charge in [0.25, 0.3) is 0 Å². The molecule has 6 nitrogen and oxygen atoms in total. The van der Waals surface area contributed by atoms with Crippen LogP contribution in [0, 0.1) is 0 Å². The van der Waals surface area contributed by atoms with Crippen LogP contribution >= 0.6 is 11.6 Å². The lowest BCUT2D eigenvalue weighted by Crippen LogP contribution is -2.48. The van der Waals surface area contributed by atoms with Crippen LogP contribution in [0.4, 0.5) is 24.7 Å². The summed E-state index contributed by atoms with van der Waals surface area (Å²) in [7, 11) is 0. The first kappa shape index (κ1) is 23.1. The van der Waals surface area contributed by atoms with Crippen LogP contribution in [-0.4, -0.2) is 54.4 Å². The van der Waals surface area contributed by atoms with Crippen LogP contribution in [-0.2, 0) is 15.8 Å². The molecule has 0 radical (unpaired) electrons. The van der Waals surface area contributed by atoms with Gasteiger partial charge in [-0.05, 0) is 36.3 Å². The van der Waals surface area contributed by atoms with E-state index in [0.717, 1.165) is 36.5 Å². The zero-order valence-corrected chi connectivity index (χ0v) is 18.4. The Morgan fingerprint density at radius 1 is 1.06 bits per heavy atom. The van der Waals surface area contributed by atoms with Crippen molar-refractivity contribution in [2.75, 3.05) is 42.5 Å². The number of piperazine rings is 1. The van der Waals surface area contributed by atoms with E-state index in [1.165, 1.54) is 6.08 Å². The van der Waals surface area contributed by atoms with Crippen molar-refractivity contribution in [3.05, 3.63) is 58.8 Å². The van der Waals surface area contributed by atoms with E-state index in [0.29, 0.717) is 32.6 Å². The van der Waals surface area contributed by atoms with Crippen molar-refractivity contribution in [3.8, 4) is 0 Å². The van der Waals surface area contributed by atoms with Crippen LogP contribution in [0.5, 0.6) is 0 Å². The molecule has 2 fully saturated rings. The lowest BCUT2D eigenvalue weighted by molar-refractivity contribution is -0.137. The van der Waals surface area contributed by atoms with E-state index >= 15 is 0 Å². The largest absolute Gasteiger partial charge is 0.417 e. The molecule has 0 saturated carbocycles. The van der Waals surface area contributed by atoms with E-state index in [-0.39, 0.29) is 22.7 Å². The molecule has 2 aliphatic rings. The number of anilines is 2. The predicted octanol–water partition coefficient (Wildman–Crippen LogP) is 4.24. The van der Waals surface area contributed by atoms with Crippen molar-refractivity contribution in [1.29, 1.82) is 0 Å². The first-order valence-corrected chi connectivity index (χ1v) is 11.0. The van der Waals surface area contributed by atoms with Gasteiger partial charge in [-0.15, -0.1) is 0 Å². The van der Waals surface area contributed by atoms with Gasteiger partial charge in [0.2, 0.25) is 11.8 Å². The maximum atomic E-state index is 12.8. The third-order valence-corrected chi connectivity index (χ3v) is 6.01. The molecule has 0 spiro atoms. The van der Waals surface area contributed by atoms with Crippen molar-refractivity contribution < 1.29 is 22.8 Å². The fraction of sp³-hybridized carbons (Fsp3) is 0.348. The van der Waals surface area contributed by atoms with Gasteiger partial charge in [0.05, 0.1) is 10.6 Å². The minimum absolute atomic E-state index is 0.0661. The van der Waals surface area contributed by atoms with Gasteiger partial charge >= 0.3 is 6.18 Å². The number of carbonyl (C=O) groups is 2. The van der Waals surface area contributed by atoms with Gasteiger partial charge in [0.1, 0.15) is 5.82 Å². The first-order valence-electron chi connectivity index (χ1n) is 10.6. The lowest BCUT2D eigenvalue weighted by Gasteiger charge is -2.35. The summed E-state index contributed by atoms with van der Waals surface area (Å²) in [5, 5.41) is -0.0661. The number of amides is 2. The van der Waals surface area contributed by atoms with Crippen LogP contribution in [0.1, 0.15) is 24.0 Å². The zero-order chi connectivity index (χ0) is 23.6. The second-order valence-electron chi connectivity index (χ2n) is 7.91. The van der Waals surface area contributed by atoms with Crippen LogP contribution in [0.25, 0.3) is 6.08 Å². The SMILES string of the molecule is O=C(/C=C/c1ccc(N2CCCC2=O)cc1)N1CCN(c2ncc(C(F)(F)F)cc2Cl)CC1. The third-order valence-electron chi connectivity index (χ3n) is 5.74. The highest BCUT2D eigenvalue weighted by molar-refractivity contribution is 6.33. The van der Waals surface area contributed by atoms with E-state index < -0.39 is 11.7 Å². The summed E-state index contributed by atoms with van der Waals surface area (Å²) >= 11 is 6.03. The molecule has 1 aromatic carbocycles. The van der Waals surface area contributed by atoms with Gasteiger partial charge in [-0.1, -0.05) is 23.7 Å². The van der Waals surface area contributed by atoms with Crippen LogP contribution in [0.3, 0.4) is 0 Å². The molecule has 0 N–H and O–H groups in total. The normalized spacial score (nSPS) is 17.3. The van der Waals surface area contributed by atoms with Gasteiger partial charge < -0.3 is 14.7 Å². The molecule has 1 aromatic heterocycles. The van der Waals surface area contributed by atoms with Crippen molar-refractivity contribution in [2.24, 2.45) is 0 Å². The standard InChI is InChI=1S/C23H22ClF3N4O2/c24-19-14-17(23(25,26)27)15-28-22(19)30-12-10-29(11-13-30)20(32)8-5-16-3-6-18(7-4-16)31-9-1-2-21(31)33/h3-8,14-15H,1-2,9-13H2/b8-5+. The molecular formula is C23H22ClF3N4O2. The summed E-state index contributed by atoms with van der Waals surface area (Å²) in [6, 6.07) is 8.33. The summed E-state index contributed by atoms with van der Waals surface area (Å²) < 4.78 is 38.4. The molecule has 174 valence electrons. The molecule has 10 heteroatoms. The van der Waals surface area contributed by atoms with E-state index in [1.54, 1.807) is 20.8 Å². The summed E-state index contributed by atoms with van der Waals surface area (Å²) in [5.74, 6) is 0.254. The molecule has 2 aromatic rings. The second kappa shape index (κ2) is 9.43. The van der Waals surface area contributed by atoms with Crippen molar-refractivity contribution in [3.63, 3.8) is 0 Å². The predicted molar refractivity (Wildman–Crippen MR) is 120 cm³/mol. The Morgan fingerprint density at radius 2 is 1.76 bits per heavy atom. The highest BCUT2D eigenvalue weighted by Gasteiger charge is 2.32. The smallest absolute Gasteiger partial charge is 0.352 e. The summed E-state index contributed by atoms with van der Waals surface area (Å²) in [4.78, 5) is 33.5. The van der Waals surface area contributed by atoms with Gasteiger partial charge in [0.15, 0.2) is 0 Å².